The van der Waals surface area contributed by atoms with Gasteiger partial charge >= 0.3 is 0 Å². The van der Waals surface area contributed by atoms with Gasteiger partial charge in [-0.2, -0.15) is 0 Å². The predicted octanol–water partition coefficient (Wildman–Crippen LogP) is 3.29. The van der Waals surface area contributed by atoms with E-state index in [1.807, 2.05) is 0 Å². The lowest BCUT2D eigenvalue weighted by atomic mass is 10.0. The third-order valence-electron chi connectivity index (χ3n) is 5.02. The molecule has 2 heterocycles. The number of amides is 1. The molecule has 1 amide bonds. The number of hydrogen-bond acceptors (Lipinski definition) is 3. The van der Waals surface area contributed by atoms with Crippen LogP contribution in [-0.2, 0) is 24.2 Å². The van der Waals surface area contributed by atoms with Crippen molar-refractivity contribution in [1.82, 2.24) is 20.1 Å². The highest BCUT2D eigenvalue weighted by Gasteiger charge is 2.27. The Morgan fingerprint density at radius 2 is 2.08 bits per heavy atom. The van der Waals surface area contributed by atoms with Crippen molar-refractivity contribution >= 4 is 5.91 Å². The molecule has 134 valence electrons. The summed E-state index contributed by atoms with van der Waals surface area (Å²) in [4.78, 5) is 12.5. The van der Waals surface area contributed by atoms with Gasteiger partial charge in [-0.05, 0) is 43.7 Å². The van der Waals surface area contributed by atoms with Crippen molar-refractivity contribution in [2.45, 2.75) is 66.0 Å². The van der Waals surface area contributed by atoms with Gasteiger partial charge in [-0.3, -0.25) is 4.79 Å². The number of aryl methyl sites for hydroxylation is 4. The van der Waals surface area contributed by atoms with E-state index >= 15 is 0 Å². The molecule has 0 unspecified atom stereocenters. The number of carbonyl (C=O) groups is 1. The van der Waals surface area contributed by atoms with Crippen LogP contribution in [0.5, 0.6) is 0 Å². The molecule has 1 aliphatic rings. The van der Waals surface area contributed by atoms with Crippen molar-refractivity contribution in [3.63, 3.8) is 0 Å². The Kier molecular flexibility index (Phi) is 5.21. The van der Waals surface area contributed by atoms with Crippen molar-refractivity contribution in [3.8, 4) is 0 Å². The zero-order valence-electron chi connectivity index (χ0n) is 15.7. The smallest absolute Gasteiger partial charge is 0.220 e. The SMILES string of the molecule is Cc1ccc(CCC(=O)N[C@@H](c2nnc3n2CCC3)C(C)C)c(C)c1. The van der Waals surface area contributed by atoms with Crippen molar-refractivity contribution in [2.75, 3.05) is 0 Å². The second-order valence-electron chi connectivity index (χ2n) is 7.45. The zero-order valence-corrected chi connectivity index (χ0v) is 15.7. The molecule has 1 aliphatic heterocycles. The van der Waals surface area contributed by atoms with E-state index < -0.39 is 0 Å². The number of nitrogens with one attached hydrogen (secondary N) is 1. The monoisotopic (exact) mass is 340 g/mol. The molecular weight excluding hydrogens is 312 g/mol. The molecule has 3 rings (SSSR count). The van der Waals surface area contributed by atoms with E-state index in [2.05, 4.69) is 66.0 Å². The van der Waals surface area contributed by atoms with Gasteiger partial charge in [0, 0.05) is 19.4 Å². The van der Waals surface area contributed by atoms with E-state index in [1.54, 1.807) is 0 Å². The number of fused-ring (bicyclic) bond motifs is 1. The molecule has 0 aliphatic carbocycles. The molecule has 1 N–H and O–H groups in total. The maximum absolute atomic E-state index is 12.5. The van der Waals surface area contributed by atoms with Crippen LogP contribution in [0, 0.1) is 19.8 Å². The maximum atomic E-state index is 12.5. The predicted molar refractivity (Wildman–Crippen MR) is 98.3 cm³/mol. The summed E-state index contributed by atoms with van der Waals surface area (Å²) in [6.45, 7) is 9.39. The Morgan fingerprint density at radius 1 is 1.28 bits per heavy atom. The Labute approximate surface area is 149 Å². The van der Waals surface area contributed by atoms with Crippen molar-refractivity contribution in [3.05, 3.63) is 46.5 Å². The number of nitrogens with zero attached hydrogens (tertiary/aromatic N) is 3. The largest absolute Gasteiger partial charge is 0.346 e. The molecule has 0 bridgehead atoms. The Hall–Kier alpha value is -2.17. The Balaban J connectivity index is 1.65. The maximum Gasteiger partial charge on any atom is 0.220 e. The first-order valence-corrected chi connectivity index (χ1v) is 9.23. The van der Waals surface area contributed by atoms with Crippen molar-refractivity contribution in [1.29, 1.82) is 0 Å². The molecule has 0 radical (unpaired) electrons. The number of aromatic nitrogens is 3. The average molecular weight is 340 g/mol. The number of carbonyl (C=O) groups excluding carboxylic acids is 1. The minimum Gasteiger partial charge on any atom is -0.346 e. The van der Waals surface area contributed by atoms with Crippen LogP contribution in [0.4, 0.5) is 0 Å². The summed E-state index contributed by atoms with van der Waals surface area (Å²) in [5.41, 5.74) is 3.75. The molecular formula is C20H28N4O. The summed E-state index contributed by atoms with van der Waals surface area (Å²) in [5, 5.41) is 11.8. The number of benzene rings is 1. The molecule has 5 heteroatoms. The summed E-state index contributed by atoms with van der Waals surface area (Å²) < 4.78 is 2.18. The lowest BCUT2D eigenvalue weighted by molar-refractivity contribution is -0.122. The molecule has 5 nitrogen and oxygen atoms in total. The molecule has 1 aromatic heterocycles. The van der Waals surface area contributed by atoms with Crippen LogP contribution in [0.3, 0.4) is 0 Å². The van der Waals surface area contributed by atoms with E-state index in [-0.39, 0.29) is 17.9 Å². The van der Waals surface area contributed by atoms with Gasteiger partial charge in [0.1, 0.15) is 5.82 Å². The molecule has 0 saturated heterocycles. The van der Waals surface area contributed by atoms with E-state index in [0.717, 1.165) is 37.5 Å². The second-order valence-corrected chi connectivity index (χ2v) is 7.45. The van der Waals surface area contributed by atoms with E-state index in [9.17, 15) is 4.79 Å². The van der Waals surface area contributed by atoms with Crippen molar-refractivity contribution < 1.29 is 4.79 Å². The van der Waals surface area contributed by atoms with Gasteiger partial charge < -0.3 is 9.88 Å². The standard InChI is InChI=1S/C20H28N4O/c1-13(2)19(20-23-22-17-6-5-11-24(17)20)21-18(25)10-9-16-8-7-14(3)12-15(16)4/h7-8,12-13,19H,5-6,9-11H2,1-4H3,(H,21,25)/t19-/m1/s1. The quantitative estimate of drug-likeness (QED) is 0.878. The van der Waals surface area contributed by atoms with Crippen LogP contribution >= 0.6 is 0 Å². The van der Waals surface area contributed by atoms with Crippen molar-refractivity contribution in [2.24, 2.45) is 5.92 Å². The number of rotatable bonds is 6. The normalized spacial score (nSPS) is 14.6. The zero-order chi connectivity index (χ0) is 18.0. The van der Waals surface area contributed by atoms with Crippen LogP contribution < -0.4 is 5.32 Å². The Morgan fingerprint density at radius 3 is 2.80 bits per heavy atom. The van der Waals surface area contributed by atoms with Gasteiger partial charge in [-0.15, -0.1) is 10.2 Å². The minimum atomic E-state index is -0.0778. The van der Waals surface area contributed by atoms with Crippen LogP contribution in [0.15, 0.2) is 18.2 Å². The summed E-state index contributed by atoms with van der Waals surface area (Å²) in [6, 6.07) is 6.33. The van der Waals surface area contributed by atoms with Gasteiger partial charge in [0.25, 0.3) is 0 Å². The fraction of sp³-hybridized carbons (Fsp3) is 0.550. The van der Waals surface area contributed by atoms with Crippen LogP contribution in [0.2, 0.25) is 0 Å². The summed E-state index contributed by atoms with van der Waals surface area (Å²) in [6.07, 6.45) is 3.36. The van der Waals surface area contributed by atoms with Crippen LogP contribution in [-0.4, -0.2) is 20.7 Å². The second kappa shape index (κ2) is 7.38. The molecule has 0 saturated carbocycles. The first-order chi connectivity index (χ1) is 12.0. The highest BCUT2D eigenvalue weighted by atomic mass is 16.1. The molecule has 1 aromatic carbocycles. The van der Waals surface area contributed by atoms with Crippen LogP contribution in [0.25, 0.3) is 0 Å². The van der Waals surface area contributed by atoms with Gasteiger partial charge in [-0.25, -0.2) is 0 Å². The highest BCUT2D eigenvalue weighted by molar-refractivity contribution is 5.76. The molecule has 0 spiro atoms. The van der Waals surface area contributed by atoms with Gasteiger partial charge in [0.15, 0.2) is 5.82 Å². The van der Waals surface area contributed by atoms with E-state index in [1.165, 1.54) is 16.7 Å². The molecule has 1 atom stereocenters. The van der Waals surface area contributed by atoms with E-state index in [4.69, 9.17) is 0 Å². The van der Waals surface area contributed by atoms with Gasteiger partial charge in [0.2, 0.25) is 5.91 Å². The minimum absolute atomic E-state index is 0.0778. The lowest BCUT2D eigenvalue weighted by Gasteiger charge is -2.22. The summed E-state index contributed by atoms with van der Waals surface area (Å²) in [5.74, 6) is 2.31. The van der Waals surface area contributed by atoms with Gasteiger partial charge in [0.05, 0.1) is 6.04 Å². The highest BCUT2D eigenvalue weighted by Crippen LogP contribution is 2.24. The van der Waals surface area contributed by atoms with E-state index in [0.29, 0.717) is 6.42 Å². The topological polar surface area (TPSA) is 59.8 Å². The lowest BCUT2D eigenvalue weighted by Crippen LogP contribution is -2.33. The average Bonchev–Trinajstić information content (AvgIpc) is 3.15. The first-order valence-electron chi connectivity index (χ1n) is 9.23. The van der Waals surface area contributed by atoms with Gasteiger partial charge in [-0.1, -0.05) is 37.6 Å². The molecule has 25 heavy (non-hydrogen) atoms. The molecule has 2 aromatic rings. The molecule has 0 fully saturated rings. The third-order valence-corrected chi connectivity index (χ3v) is 5.02. The summed E-state index contributed by atoms with van der Waals surface area (Å²) in [7, 11) is 0. The number of hydrogen-bond donors (Lipinski definition) is 1. The third kappa shape index (κ3) is 3.91. The fourth-order valence-electron chi connectivity index (χ4n) is 3.55. The van der Waals surface area contributed by atoms with Crippen LogP contribution in [0.1, 0.15) is 61.1 Å². The first kappa shape index (κ1) is 17.6. The fourth-order valence-corrected chi connectivity index (χ4v) is 3.55. The summed E-state index contributed by atoms with van der Waals surface area (Å²) >= 11 is 0. The Bertz CT molecular complexity index is 763.